The van der Waals surface area contributed by atoms with Crippen molar-refractivity contribution in [1.29, 1.82) is 0 Å². The lowest BCUT2D eigenvalue weighted by molar-refractivity contribution is -0.0422. The zero-order valence-corrected chi connectivity index (χ0v) is 6.31. The standard InChI is InChI=1S/C7H6O2.BH3O2/c8-7(9)6-2-4-1-5(4)3-6;2-1-3/h1-3,7-9H;1-3H. The normalized spacial score (nSPS) is 10.4. The lowest BCUT2D eigenvalue weighted by atomic mass is 10.3. The Hall–Kier alpha value is -0.875. The van der Waals surface area contributed by atoms with Gasteiger partial charge in [-0.25, -0.2) is 0 Å². The van der Waals surface area contributed by atoms with Crippen LogP contribution in [0.1, 0.15) is 11.9 Å². The highest BCUT2D eigenvalue weighted by atomic mass is 16.5. The molecule has 0 fully saturated rings. The molecular formula is C7H9BO4. The van der Waals surface area contributed by atoms with Crippen molar-refractivity contribution >= 4 is 7.69 Å². The number of fused-ring (bicyclic) bond motifs is 1. The molecule has 0 heterocycles. The minimum Gasteiger partial charge on any atom is -0.430 e. The molecule has 12 heavy (non-hydrogen) atoms. The average Bonchev–Trinajstić information content (AvgIpc) is 2.60. The van der Waals surface area contributed by atoms with Gasteiger partial charge >= 0.3 is 7.69 Å². The van der Waals surface area contributed by atoms with E-state index in [9.17, 15) is 0 Å². The fourth-order valence-corrected chi connectivity index (χ4v) is 0.931. The van der Waals surface area contributed by atoms with Crippen molar-refractivity contribution in [3.05, 3.63) is 23.8 Å². The van der Waals surface area contributed by atoms with E-state index in [0.717, 1.165) is 11.1 Å². The Morgan fingerprint density at radius 3 is 1.67 bits per heavy atom. The van der Waals surface area contributed by atoms with Crippen LogP contribution in [0, 0.1) is 0 Å². The Labute approximate surface area is 70.0 Å². The largest absolute Gasteiger partial charge is 0.432 e. The molecule has 0 amide bonds. The van der Waals surface area contributed by atoms with Crippen LogP contribution in [0.15, 0.2) is 18.2 Å². The Bertz CT molecular complexity index is 254. The van der Waals surface area contributed by atoms with E-state index < -0.39 is 14.0 Å². The Morgan fingerprint density at radius 1 is 1.00 bits per heavy atom. The minimum atomic E-state index is -1.30. The summed E-state index contributed by atoms with van der Waals surface area (Å²) < 4.78 is 0. The maximum Gasteiger partial charge on any atom is 0.432 e. The van der Waals surface area contributed by atoms with Gasteiger partial charge in [-0.15, -0.1) is 0 Å². The second-order valence-electron chi connectivity index (χ2n) is 2.36. The van der Waals surface area contributed by atoms with E-state index in [4.69, 9.17) is 20.3 Å². The van der Waals surface area contributed by atoms with Crippen LogP contribution in [0.3, 0.4) is 0 Å². The predicted octanol–water partition coefficient (Wildman–Crippen LogP) is -1.11. The molecule has 0 aromatic heterocycles. The highest BCUT2D eigenvalue weighted by Gasteiger charge is 2.16. The van der Waals surface area contributed by atoms with Gasteiger partial charge < -0.3 is 20.3 Å². The highest BCUT2D eigenvalue weighted by molar-refractivity contribution is 6.13. The van der Waals surface area contributed by atoms with Crippen LogP contribution in [-0.4, -0.2) is 27.9 Å². The topological polar surface area (TPSA) is 80.9 Å². The van der Waals surface area contributed by atoms with Crippen molar-refractivity contribution in [3.8, 4) is 11.1 Å². The summed E-state index contributed by atoms with van der Waals surface area (Å²) in [6.07, 6.45) is -1.30. The van der Waals surface area contributed by atoms with Crippen molar-refractivity contribution in [3.63, 3.8) is 0 Å². The van der Waals surface area contributed by atoms with Crippen molar-refractivity contribution in [2.24, 2.45) is 0 Å². The molecule has 4 N–H and O–H groups in total. The third kappa shape index (κ3) is 2.05. The van der Waals surface area contributed by atoms with Gasteiger partial charge in [0.25, 0.3) is 0 Å². The lowest BCUT2D eigenvalue weighted by Gasteiger charge is -1.96. The zero-order valence-electron chi connectivity index (χ0n) is 6.31. The molecule has 0 aliphatic heterocycles. The highest BCUT2D eigenvalue weighted by Crippen LogP contribution is 2.37. The van der Waals surface area contributed by atoms with E-state index in [1.54, 1.807) is 12.1 Å². The molecule has 0 aromatic carbocycles. The van der Waals surface area contributed by atoms with Gasteiger partial charge in [0, 0.05) is 5.56 Å². The second kappa shape index (κ2) is 3.69. The molecule has 0 spiro atoms. The monoisotopic (exact) mass is 168 g/mol. The number of benzene rings is 1. The third-order valence-electron chi connectivity index (χ3n) is 1.50. The molecule has 64 valence electrons. The van der Waals surface area contributed by atoms with Crippen LogP contribution in [-0.2, 0) is 0 Å². The van der Waals surface area contributed by atoms with E-state index in [1.807, 2.05) is 6.07 Å². The summed E-state index contributed by atoms with van der Waals surface area (Å²) in [5.74, 6) is 0. The maximum atomic E-state index is 8.61. The van der Waals surface area contributed by atoms with Crippen molar-refractivity contribution in [1.82, 2.24) is 0 Å². The van der Waals surface area contributed by atoms with E-state index in [-0.39, 0.29) is 0 Å². The Morgan fingerprint density at radius 2 is 1.42 bits per heavy atom. The third-order valence-corrected chi connectivity index (χ3v) is 1.50. The minimum absolute atomic E-state index is 0.600. The summed E-state index contributed by atoms with van der Waals surface area (Å²) >= 11 is 0. The zero-order chi connectivity index (χ0) is 9.14. The van der Waals surface area contributed by atoms with E-state index in [1.165, 1.54) is 0 Å². The first kappa shape index (κ1) is 9.21. The molecular weight excluding hydrogens is 159 g/mol. The van der Waals surface area contributed by atoms with Gasteiger partial charge in [-0.2, -0.15) is 0 Å². The molecule has 5 heteroatoms. The predicted molar refractivity (Wildman–Crippen MR) is 44.2 cm³/mol. The van der Waals surface area contributed by atoms with Crippen LogP contribution in [0.25, 0.3) is 11.1 Å². The quantitative estimate of drug-likeness (QED) is 0.321. The van der Waals surface area contributed by atoms with Crippen LogP contribution in [0.4, 0.5) is 0 Å². The first-order valence-corrected chi connectivity index (χ1v) is 3.42. The smallest absolute Gasteiger partial charge is 0.430 e. The first-order valence-electron chi connectivity index (χ1n) is 3.42. The number of rotatable bonds is 1. The molecule has 4 nitrogen and oxygen atoms in total. The van der Waals surface area contributed by atoms with E-state index >= 15 is 0 Å². The van der Waals surface area contributed by atoms with Crippen molar-refractivity contribution < 1.29 is 20.3 Å². The molecule has 0 atom stereocenters. The fourth-order valence-electron chi connectivity index (χ4n) is 0.931. The Balaban J connectivity index is 0.000000213. The molecule has 0 radical (unpaired) electrons. The molecule has 0 bridgehead atoms. The lowest BCUT2D eigenvalue weighted by Crippen LogP contribution is -1.90. The molecule has 2 rings (SSSR count). The molecule has 0 saturated heterocycles. The van der Waals surface area contributed by atoms with Gasteiger partial charge in [0.15, 0.2) is 6.29 Å². The van der Waals surface area contributed by atoms with Crippen LogP contribution in [0.2, 0.25) is 0 Å². The summed E-state index contributed by atoms with van der Waals surface area (Å²) in [4.78, 5) is 0. The molecule has 0 saturated carbocycles. The summed E-state index contributed by atoms with van der Waals surface area (Å²) in [5, 5.41) is 31.5. The number of aliphatic hydroxyl groups is 2. The number of hydrogen-bond acceptors (Lipinski definition) is 4. The van der Waals surface area contributed by atoms with Gasteiger partial charge in [-0.1, -0.05) is 0 Å². The van der Waals surface area contributed by atoms with Crippen LogP contribution >= 0.6 is 0 Å². The number of hydrogen-bond donors (Lipinski definition) is 4. The summed E-state index contributed by atoms with van der Waals surface area (Å²) in [7, 11) is -0.750. The summed E-state index contributed by atoms with van der Waals surface area (Å²) in [5.41, 5.74) is 2.87. The molecule has 0 unspecified atom stereocenters. The molecule has 2 aliphatic carbocycles. The average molecular weight is 168 g/mol. The Kier molecular flexibility index (Phi) is 2.83. The summed E-state index contributed by atoms with van der Waals surface area (Å²) in [6, 6.07) is 5.55. The fraction of sp³-hybridized carbons (Fsp3) is 0.143. The van der Waals surface area contributed by atoms with Gasteiger partial charge in [0.2, 0.25) is 0 Å². The molecule has 0 aromatic rings. The van der Waals surface area contributed by atoms with E-state index in [2.05, 4.69) is 0 Å². The summed E-state index contributed by atoms with van der Waals surface area (Å²) in [6.45, 7) is 0. The van der Waals surface area contributed by atoms with Gasteiger partial charge in [0.1, 0.15) is 0 Å². The SMILES string of the molecule is OBO.OC(O)c1cc2cc-2c1. The van der Waals surface area contributed by atoms with Crippen molar-refractivity contribution in [2.75, 3.05) is 0 Å². The van der Waals surface area contributed by atoms with Gasteiger partial charge in [-0.05, 0) is 29.3 Å². The second-order valence-corrected chi connectivity index (χ2v) is 2.36. The number of aliphatic hydroxyl groups excluding tert-OH is 1. The van der Waals surface area contributed by atoms with E-state index in [0.29, 0.717) is 5.56 Å². The van der Waals surface area contributed by atoms with Crippen LogP contribution < -0.4 is 0 Å². The van der Waals surface area contributed by atoms with Crippen molar-refractivity contribution in [2.45, 2.75) is 6.29 Å². The van der Waals surface area contributed by atoms with Crippen LogP contribution in [0.5, 0.6) is 0 Å². The molecule has 2 aliphatic rings. The van der Waals surface area contributed by atoms with Gasteiger partial charge in [0.05, 0.1) is 0 Å². The maximum absolute atomic E-state index is 8.61. The van der Waals surface area contributed by atoms with Gasteiger partial charge in [-0.3, -0.25) is 0 Å². The first-order chi connectivity index (χ1) is 5.69.